The standard InChI is InChI=1S/C20H14N4O2/c1-26-14-8-6-12(7-9-14)18(25)15-10-13(11-21)19(22)24-17-5-3-2-4-16(17)23-20(15)24/h2-10H,22H2,1H3. The van der Waals surface area contributed by atoms with E-state index in [1.807, 2.05) is 24.3 Å². The van der Waals surface area contributed by atoms with Gasteiger partial charge in [-0.2, -0.15) is 5.26 Å². The molecule has 0 fully saturated rings. The number of hydrogen-bond acceptors (Lipinski definition) is 5. The second-order valence-corrected chi connectivity index (χ2v) is 5.79. The number of nitriles is 1. The van der Waals surface area contributed by atoms with Crippen molar-refractivity contribution < 1.29 is 9.53 Å². The van der Waals surface area contributed by atoms with E-state index in [-0.39, 0.29) is 17.2 Å². The second kappa shape index (κ2) is 5.90. The van der Waals surface area contributed by atoms with E-state index in [2.05, 4.69) is 11.1 Å². The quantitative estimate of drug-likeness (QED) is 0.577. The van der Waals surface area contributed by atoms with Crippen LogP contribution in [0.5, 0.6) is 5.75 Å². The molecular weight excluding hydrogens is 328 g/mol. The zero-order chi connectivity index (χ0) is 18.3. The summed E-state index contributed by atoms with van der Waals surface area (Å²) < 4.78 is 6.79. The number of benzene rings is 2. The van der Waals surface area contributed by atoms with Crippen molar-refractivity contribution in [2.24, 2.45) is 0 Å². The van der Waals surface area contributed by atoms with Crippen LogP contribution >= 0.6 is 0 Å². The molecule has 2 aromatic heterocycles. The summed E-state index contributed by atoms with van der Waals surface area (Å²) >= 11 is 0. The molecule has 26 heavy (non-hydrogen) atoms. The van der Waals surface area contributed by atoms with Gasteiger partial charge in [0.1, 0.15) is 17.6 Å². The number of ether oxygens (including phenoxy) is 1. The lowest BCUT2D eigenvalue weighted by atomic mass is 10.0. The molecule has 6 heteroatoms. The maximum Gasteiger partial charge on any atom is 0.196 e. The Morgan fingerprint density at radius 3 is 2.62 bits per heavy atom. The predicted molar refractivity (Wildman–Crippen MR) is 98.3 cm³/mol. The molecule has 0 bridgehead atoms. The van der Waals surface area contributed by atoms with Crippen LogP contribution in [0.4, 0.5) is 5.82 Å². The van der Waals surface area contributed by atoms with Gasteiger partial charge in [0.05, 0.1) is 29.3 Å². The zero-order valence-electron chi connectivity index (χ0n) is 13.9. The van der Waals surface area contributed by atoms with Crippen LogP contribution in [0.2, 0.25) is 0 Å². The van der Waals surface area contributed by atoms with Crippen molar-refractivity contribution in [3.8, 4) is 11.8 Å². The highest BCUT2D eigenvalue weighted by molar-refractivity contribution is 6.13. The smallest absolute Gasteiger partial charge is 0.196 e. The Morgan fingerprint density at radius 1 is 1.19 bits per heavy atom. The molecule has 4 aromatic rings. The van der Waals surface area contributed by atoms with E-state index in [1.165, 1.54) is 6.07 Å². The minimum atomic E-state index is -0.232. The number of fused-ring (bicyclic) bond motifs is 3. The largest absolute Gasteiger partial charge is 0.497 e. The van der Waals surface area contributed by atoms with Crippen LogP contribution in [-0.2, 0) is 0 Å². The van der Waals surface area contributed by atoms with Crippen LogP contribution in [0.1, 0.15) is 21.5 Å². The summed E-state index contributed by atoms with van der Waals surface area (Å²) in [5.74, 6) is 0.695. The molecule has 0 radical (unpaired) electrons. The van der Waals surface area contributed by atoms with Gasteiger partial charge < -0.3 is 10.5 Å². The maximum atomic E-state index is 13.1. The van der Waals surface area contributed by atoms with Crippen LogP contribution in [0.25, 0.3) is 16.7 Å². The number of para-hydroxylation sites is 2. The third-order valence-corrected chi connectivity index (χ3v) is 4.32. The van der Waals surface area contributed by atoms with Crippen LogP contribution in [0, 0.1) is 11.3 Å². The molecular formula is C20H14N4O2. The summed E-state index contributed by atoms with van der Waals surface area (Å²) in [5, 5.41) is 9.44. The van der Waals surface area contributed by atoms with E-state index in [9.17, 15) is 10.1 Å². The number of pyridine rings is 1. The van der Waals surface area contributed by atoms with Gasteiger partial charge in [0.15, 0.2) is 11.4 Å². The van der Waals surface area contributed by atoms with Gasteiger partial charge in [0.2, 0.25) is 0 Å². The van der Waals surface area contributed by atoms with Crippen molar-refractivity contribution in [1.29, 1.82) is 5.26 Å². The Kier molecular flexibility index (Phi) is 3.55. The van der Waals surface area contributed by atoms with Crippen LogP contribution in [0.15, 0.2) is 54.6 Å². The molecule has 2 aromatic carbocycles. The summed E-state index contributed by atoms with van der Waals surface area (Å²) in [5.41, 5.74) is 9.09. The molecule has 4 rings (SSSR count). The van der Waals surface area contributed by atoms with Crippen LogP contribution in [-0.4, -0.2) is 22.3 Å². The topological polar surface area (TPSA) is 93.4 Å². The third-order valence-electron chi connectivity index (χ3n) is 4.32. The van der Waals surface area contributed by atoms with Gasteiger partial charge in [-0.05, 0) is 42.5 Å². The average molecular weight is 342 g/mol. The van der Waals surface area contributed by atoms with Crippen LogP contribution < -0.4 is 10.5 Å². The SMILES string of the molecule is COc1ccc(C(=O)c2cc(C#N)c(N)n3c2nc2ccccc23)cc1. The van der Waals surface area contributed by atoms with Gasteiger partial charge in [0, 0.05) is 5.56 Å². The number of imidazole rings is 1. The minimum Gasteiger partial charge on any atom is -0.497 e. The number of hydrogen-bond donors (Lipinski definition) is 1. The maximum absolute atomic E-state index is 13.1. The number of nitrogens with zero attached hydrogens (tertiary/aromatic N) is 3. The fourth-order valence-corrected chi connectivity index (χ4v) is 3.01. The van der Waals surface area contributed by atoms with E-state index in [0.717, 1.165) is 5.52 Å². The summed E-state index contributed by atoms with van der Waals surface area (Å²) in [4.78, 5) is 17.6. The normalized spacial score (nSPS) is 10.8. The van der Waals surface area contributed by atoms with E-state index in [0.29, 0.717) is 28.0 Å². The van der Waals surface area contributed by atoms with Gasteiger partial charge in [-0.1, -0.05) is 12.1 Å². The first-order valence-corrected chi connectivity index (χ1v) is 7.92. The first kappa shape index (κ1) is 15.7. The number of anilines is 1. The Balaban J connectivity index is 2.01. The highest BCUT2D eigenvalue weighted by Crippen LogP contribution is 2.27. The Bertz CT molecular complexity index is 1200. The number of aromatic nitrogens is 2. The number of carbonyl (C=O) groups excluding carboxylic acids is 1. The zero-order valence-corrected chi connectivity index (χ0v) is 13.9. The van der Waals surface area contributed by atoms with Crippen molar-refractivity contribution in [2.75, 3.05) is 12.8 Å². The molecule has 126 valence electrons. The number of nitrogens with two attached hydrogens (primary N) is 1. The van der Waals surface area contributed by atoms with Crippen molar-refractivity contribution in [3.63, 3.8) is 0 Å². The molecule has 0 amide bonds. The van der Waals surface area contributed by atoms with E-state index in [1.54, 1.807) is 35.8 Å². The summed E-state index contributed by atoms with van der Waals surface area (Å²) in [6.07, 6.45) is 0. The Labute approximate surface area is 149 Å². The monoisotopic (exact) mass is 342 g/mol. The molecule has 0 saturated carbocycles. The molecule has 2 heterocycles. The van der Waals surface area contributed by atoms with Gasteiger partial charge in [-0.15, -0.1) is 0 Å². The lowest BCUT2D eigenvalue weighted by Gasteiger charge is -2.09. The number of carbonyl (C=O) groups is 1. The average Bonchev–Trinajstić information content (AvgIpc) is 3.08. The molecule has 0 atom stereocenters. The highest BCUT2D eigenvalue weighted by atomic mass is 16.5. The first-order chi connectivity index (χ1) is 12.6. The number of ketones is 1. The van der Waals surface area contributed by atoms with E-state index < -0.39 is 0 Å². The van der Waals surface area contributed by atoms with Gasteiger partial charge >= 0.3 is 0 Å². The lowest BCUT2D eigenvalue weighted by molar-refractivity contribution is 0.104. The number of rotatable bonds is 3. The molecule has 0 unspecified atom stereocenters. The van der Waals surface area contributed by atoms with Crippen molar-refractivity contribution >= 4 is 28.3 Å². The van der Waals surface area contributed by atoms with Gasteiger partial charge in [0.25, 0.3) is 0 Å². The molecule has 0 saturated heterocycles. The van der Waals surface area contributed by atoms with Gasteiger partial charge in [-0.25, -0.2) is 4.98 Å². The Hall–Kier alpha value is -3.85. The summed E-state index contributed by atoms with van der Waals surface area (Å²) in [7, 11) is 1.57. The van der Waals surface area contributed by atoms with Crippen molar-refractivity contribution in [2.45, 2.75) is 0 Å². The Morgan fingerprint density at radius 2 is 1.92 bits per heavy atom. The molecule has 0 spiro atoms. The fraction of sp³-hybridized carbons (Fsp3) is 0.0500. The second-order valence-electron chi connectivity index (χ2n) is 5.79. The highest BCUT2D eigenvalue weighted by Gasteiger charge is 2.20. The third kappa shape index (κ3) is 2.26. The predicted octanol–water partition coefficient (Wildman–Crippen LogP) is 3.18. The molecule has 6 nitrogen and oxygen atoms in total. The summed E-state index contributed by atoms with van der Waals surface area (Å²) in [6, 6.07) is 17.8. The molecule has 0 aliphatic heterocycles. The molecule has 0 aliphatic rings. The van der Waals surface area contributed by atoms with Crippen molar-refractivity contribution in [1.82, 2.24) is 9.38 Å². The lowest BCUT2D eigenvalue weighted by Crippen LogP contribution is -2.09. The van der Waals surface area contributed by atoms with Crippen LogP contribution in [0.3, 0.4) is 0 Å². The molecule has 2 N–H and O–H groups in total. The summed E-state index contributed by atoms with van der Waals surface area (Å²) in [6.45, 7) is 0. The van der Waals surface area contributed by atoms with Gasteiger partial charge in [-0.3, -0.25) is 9.20 Å². The number of nitrogen functional groups attached to an aromatic ring is 1. The fourth-order valence-electron chi connectivity index (χ4n) is 3.01. The number of methoxy groups -OCH3 is 1. The molecule has 0 aliphatic carbocycles. The van der Waals surface area contributed by atoms with E-state index in [4.69, 9.17) is 10.5 Å². The minimum absolute atomic E-state index is 0.232. The van der Waals surface area contributed by atoms with E-state index >= 15 is 0 Å². The van der Waals surface area contributed by atoms with Crippen molar-refractivity contribution in [3.05, 3.63) is 71.3 Å². The first-order valence-electron chi connectivity index (χ1n) is 7.92.